The van der Waals surface area contributed by atoms with E-state index in [0.717, 1.165) is 65.0 Å². The predicted molar refractivity (Wildman–Crippen MR) is 117 cm³/mol. The number of hydrogen-bond acceptors (Lipinski definition) is 4. The molecule has 0 aromatic heterocycles. The van der Waals surface area contributed by atoms with Crippen molar-refractivity contribution in [1.82, 2.24) is 14.7 Å². The number of piperidine rings is 2. The maximum absolute atomic E-state index is 12.6. The van der Waals surface area contributed by atoms with Crippen LogP contribution in [0, 0.1) is 5.92 Å². The third-order valence-electron chi connectivity index (χ3n) is 6.79. The van der Waals surface area contributed by atoms with Crippen LogP contribution >= 0.6 is 11.8 Å². The van der Waals surface area contributed by atoms with Crippen molar-refractivity contribution >= 4 is 23.6 Å². The zero-order valence-electron chi connectivity index (χ0n) is 17.5. The second kappa shape index (κ2) is 9.52. The first-order valence-electron chi connectivity index (χ1n) is 11.1. The maximum Gasteiger partial charge on any atom is 0.222 e. The SMILES string of the molecule is CSc1ccc(CN2CC[C@H]3[C@H](CCC(=O)N3CCCN3CCCC3=O)C2)cc1. The highest BCUT2D eigenvalue weighted by atomic mass is 32.2. The second-order valence-electron chi connectivity index (χ2n) is 8.66. The lowest BCUT2D eigenvalue weighted by atomic mass is 9.83. The van der Waals surface area contributed by atoms with E-state index in [9.17, 15) is 9.59 Å². The van der Waals surface area contributed by atoms with Gasteiger partial charge in [0, 0.05) is 63.0 Å². The van der Waals surface area contributed by atoms with Crippen molar-refractivity contribution in [3.05, 3.63) is 29.8 Å². The third-order valence-corrected chi connectivity index (χ3v) is 7.53. The highest BCUT2D eigenvalue weighted by molar-refractivity contribution is 7.98. The summed E-state index contributed by atoms with van der Waals surface area (Å²) in [4.78, 5) is 32.4. The molecule has 2 amide bonds. The maximum atomic E-state index is 12.6. The van der Waals surface area contributed by atoms with Crippen molar-refractivity contribution < 1.29 is 9.59 Å². The first kappa shape index (κ1) is 20.7. The Bertz CT molecular complexity index is 723. The number of nitrogens with zero attached hydrogens (tertiary/aromatic N) is 3. The Kier molecular flexibility index (Phi) is 6.81. The van der Waals surface area contributed by atoms with Gasteiger partial charge in [-0.3, -0.25) is 14.5 Å². The molecule has 0 bridgehead atoms. The Hall–Kier alpha value is -1.53. The molecule has 3 saturated heterocycles. The molecule has 1 aromatic rings. The van der Waals surface area contributed by atoms with E-state index in [1.54, 1.807) is 11.8 Å². The summed E-state index contributed by atoms with van der Waals surface area (Å²) in [6, 6.07) is 9.29. The minimum Gasteiger partial charge on any atom is -0.343 e. The standard InChI is InChI=1S/C23H33N3O2S/c1-29-20-8-5-18(6-9-20)16-24-15-11-21-19(17-24)7-10-23(28)26(21)14-3-13-25-12-2-4-22(25)27/h5-6,8-9,19,21H,2-4,7,10-17H2,1H3/t19-,21+/m1/s1. The van der Waals surface area contributed by atoms with Crippen molar-refractivity contribution in [1.29, 1.82) is 0 Å². The Morgan fingerprint density at radius 2 is 1.83 bits per heavy atom. The molecule has 4 rings (SSSR count). The molecule has 5 nitrogen and oxygen atoms in total. The monoisotopic (exact) mass is 415 g/mol. The molecule has 0 unspecified atom stereocenters. The minimum absolute atomic E-state index is 0.284. The number of rotatable bonds is 7. The number of carbonyl (C=O) groups excluding carboxylic acids is 2. The molecule has 29 heavy (non-hydrogen) atoms. The molecule has 0 saturated carbocycles. The van der Waals surface area contributed by atoms with Gasteiger partial charge in [0.15, 0.2) is 0 Å². The smallest absolute Gasteiger partial charge is 0.222 e. The van der Waals surface area contributed by atoms with Crippen LogP contribution in [0.25, 0.3) is 0 Å². The van der Waals surface area contributed by atoms with E-state index in [1.807, 2.05) is 4.90 Å². The topological polar surface area (TPSA) is 43.9 Å². The molecule has 0 N–H and O–H groups in total. The Morgan fingerprint density at radius 1 is 1.00 bits per heavy atom. The lowest BCUT2D eigenvalue weighted by Crippen LogP contribution is -2.56. The average molecular weight is 416 g/mol. The van der Waals surface area contributed by atoms with Crippen LogP contribution in [0.4, 0.5) is 0 Å². The van der Waals surface area contributed by atoms with Crippen LogP contribution in [-0.4, -0.2) is 71.5 Å². The van der Waals surface area contributed by atoms with Gasteiger partial charge in [-0.2, -0.15) is 0 Å². The fraction of sp³-hybridized carbons (Fsp3) is 0.652. The number of benzene rings is 1. The molecule has 6 heteroatoms. The summed E-state index contributed by atoms with van der Waals surface area (Å²) in [5.41, 5.74) is 1.38. The summed E-state index contributed by atoms with van der Waals surface area (Å²) < 4.78 is 0. The zero-order valence-corrected chi connectivity index (χ0v) is 18.3. The third kappa shape index (κ3) is 4.97. The van der Waals surface area contributed by atoms with E-state index in [-0.39, 0.29) is 5.91 Å². The van der Waals surface area contributed by atoms with E-state index in [2.05, 4.69) is 40.3 Å². The fourth-order valence-corrected chi connectivity index (χ4v) is 5.63. The lowest BCUT2D eigenvalue weighted by Gasteiger charge is -2.47. The Morgan fingerprint density at radius 3 is 2.55 bits per heavy atom. The van der Waals surface area contributed by atoms with Crippen molar-refractivity contribution in [2.45, 2.75) is 56.0 Å². The van der Waals surface area contributed by atoms with E-state index in [0.29, 0.717) is 30.7 Å². The highest BCUT2D eigenvalue weighted by Gasteiger charge is 2.39. The molecule has 0 radical (unpaired) electrons. The summed E-state index contributed by atoms with van der Waals surface area (Å²) in [5, 5.41) is 0. The van der Waals surface area contributed by atoms with Gasteiger partial charge in [0.25, 0.3) is 0 Å². The van der Waals surface area contributed by atoms with Gasteiger partial charge in [-0.25, -0.2) is 0 Å². The number of fused-ring (bicyclic) bond motifs is 1. The molecular weight excluding hydrogens is 382 g/mol. The Labute approximate surface area is 178 Å². The molecule has 3 aliphatic rings. The first-order chi connectivity index (χ1) is 14.1. The van der Waals surface area contributed by atoms with Crippen LogP contribution in [0.1, 0.15) is 44.1 Å². The van der Waals surface area contributed by atoms with Gasteiger partial charge in [0.05, 0.1) is 0 Å². The number of amides is 2. The highest BCUT2D eigenvalue weighted by Crippen LogP contribution is 2.32. The van der Waals surface area contributed by atoms with Crippen LogP contribution in [-0.2, 0) is 16.1 Å². The van der Waals surface area contributed by atoms with Gasteiger partial charge in [-0.05, 0) is 55.6 Å². The normalized spacial score (nSPS) is 25.6. The average Bonchev–Trinajstić information content (AvgIpc) is 3.15. The van der Waals surface area contributed by atoms with Gasteiger partial charge in [0.2, 0.25) is 11.8 Å². The summed E-state index contributed by atoms with van der Waals surface area (Å²) in [6.07, 6.45) is 7.48. The van der Waals surface area contributed by atoms with Gasteiger partial charge >= 0.3 is 0 Å². The molecule has 0 spiro atoms. The van der Waals surface area contributed by atoms with E-state index in [1.165, 1.54) is 10.5 Å². The van der Waals surface area contributed by atoms with Crippen molar-refractivity contribution in [3.8, 4) is 0 Å². The molecular formula is C23H33N3O2S. The van der Waals surface area contributed by atoms with Crippen LogP contribution in [0.15, 0.2) is 29.2 Å². The number of carbonyl (C=O) groups is 2. The quantitative estimate of drug-likeness (QED) is 0.642. The van der Waals surface area contributed by atoms with Gasteiger partial charge in [0.1, 0.15) is 0 Å². The van der Waals surface area contributed by atoms with Crippen molar-refractivity contribution in [2.24, 2.45) is 5.92 Å². The van der Waals surface area contributed by atoms with Crippen LogP contribution in [0.2, 0.25) is 0 Å². The van der Waals surface area contributed by atoms with E-state index >= 15 is 0 Å². The summed E-state index contributed by atoms with van der Waals surface area (Å²) >= 11 is 1.78. The second-order valence-corrected chi connectivity index (χ2v) is 9.54. The number of thioether (sulfide) groups is 1. The first-order valence-corrected chi connectivity index (χ1v) is 12.3. The molecule has 3 aliphatic heterocycles. The van der Waals surface area contributed by atoms with E-state index < -0.39 is 0 Å². The molecule has 0 aliphatic carbocycles. The van der Waals surface area contributed by atoms with Gasteiger partial charge in [-0.15, -0.1) is 11.8 Å². The molecule has 1 aromatic carbocycles. The fourth-order valence-electron chi connectivity index (χ4n) is 5.22. The van der Waals surface area contributed by atoms with Crippen LogP contribution < -0.4 is 0 Å². The number of likely N-dealkylation sites (tertiary alicyclic amines) is 3. The summed E-state index contributed by atoms with van der Waals surface area (Å²) in [6.45, 7) is 5.65. The van der Waals surface area contributed by atoms with Crippen molar-refractivity contribution in [2.75, 3.05) is 39.0 Å². The lowest BCUT2D eigenvalue weighted by molar-refractivity contribution is -0.141. The van der Waals surface area contributed by atoms with Crippen LogP contribution in [0.3, 0.4) is 0 Å². The largest absolute Gasteiger partial charge is 0.343 e. The summed E-state index contributed by atoms with van der Waals surface area (Å²) in [5.74, 6) is 1.19. The van der Waals surface area contributed by atoms with Crippen molar-refractivity contribution in [3.63, 3.8) is 0 Å². The Balaban J connectivity index is 1.29. The van der Waals surface area contributed by atoms with Gasteiger partial charge < -0.3 is 9.80 Å². The van der Waals surface area contributed by atoms with Crippen LogP contribution in [0.5, 0.6) is 0 Å². The molecule has 158 valence electrons. The molecule has 3 fully saturated rings. The predicted octanol–water partition coefficient (Wildman–Crippen LogP) is 3.23. The number of hydrogen-bond donors (Lipinski definition) is 0. The van der Waals surface area contributed by atoms with E-state index in [4.69, 9.17) is 0 Å². The molecule has 2 atom stereocenters. The molecule has 3 heterocycles. The summed E-state index contributed by atoms with van der Waals surface area (Å²) in [7, 11) is 0. The van der Waals surface area contributed by atoms with Gasteiger partial charge in [-0.1, -0.05) is 12.1 Å². The zero-order chi connectivity index (χ0) is 20.2. The minimum atomic E-state index is 0.284.